The highest BCUT2D eigenvalue weighted by atomic mass is 19.3. The van der Waals surface area contributed by atoms with Crippen molar-refractivity contribution < 1.29 is 13.6 Å². The molecular weight excluding hydrogens is 224 g/mol. The number of nitrogens with one attached hydrogen (secondary N) is 1. The molecule has 2 nitrogen and oxygen atoms in total. The molecule has 0 bridgehead atoms. The van der Waals surface area contributed by atoms with E-state index in [0.717, 1.165) is 5.56 Å². The Morgan fingerprint density at radius 3 is 1.94 bits per heavy atom. The van der Waals surface area contributed by atoms with Gasteiger partial charge in [0.2, 0.25) is 0 Å². The molecule has 1 aromatic rings. The van der Waals surface area contributed by atoms with E-state index in [2.05, 4.69) is 19.2 Å². The Hall–Kier alpha value is -1.45. The second-order valence-corrected chi connectivity index (χ2v) is 4.35. The number of alkyl halides is 2. The SMILES string of the molecule is CC(C)c1ccc(C(C)NC(=O)C(F)F)cc1. The lowest BCUT2D eigenvalue weighted by Crippen LogP contribution is -2.31. The third kappa shape index (κ3) is 3.80. The molecule has 1 N–H and O–H groups in total. The molecule has 0 radical (unpaired) electrons. The number of carbonyl (C=O) groups excluding carboxylic acids is 1. The van der Waals surface area contributed by atoms with Gasteiger partial charge in [0.15, 0.2) is 0 Å². The molecule has 0 aliphatic carbocycles. The van der Waals surface area contributed by atoms with Gasteiger partial charge in [-0.3, -0.25) is 4.79 Å². The molecule has 1 rings (SSSR count). The zero-order valence-electron chi connectivity index (χ0n) is 10.2. The molecule has 1 unspecified atom stereocenters. The molecule has 17 heavy (non-hydrogen) atoms. The minimum Gasteiger partial charge on any atom is -0.345 e. The number of halogens is 2. The Labute approximate surface area is 100 Å². The summed E-state index contributed by atoms with van der Waals surface area (Å²) in [5.41, 5.74) is 2.00. The highest BCUT2D eigenvalue weighted by Gasteiger charge is 2.18. The fraction of sp³-hybridized carbons (Fsp3) is 0.462. The zero-order chi connectivity index (χ0) is 13.0. The van der Waals surface area contributed by atoms with Gasteiger partial charge in [0.05, 0.1) is 6.04 Å². The van der Waals surface area contributed by atoms with Gasteiger partial charge in [0.25, 0.3) is 5.91 Å². The Kier molecular flexibility index (Phi) is 4.61. The van der Waals surface area contributed by atoms with Crippen LogP contribution in [-0.2, 0) is 4.79 Å². The molecule has 1 atom stereocenters. The van der Waals surface area contributed by atoms with Crippen LogP contribution in [0.4, 0.5) is 8.78 Å². The van der Waals surface area contributed by atoms with Gasteiger partial charge in [-0.1, -0.05) is 38.1 Å². The number of carbonyl (C=O) groups is 1. The van der Waals surface area contributed by atoms with Crippen LogP contribution in [0.15, 0.2) is 24.3 Å². The predicted molar refractivity (Wildman–Crippen MR) is 63.1 cm³/mol. The number of benzene rings is 1. The first kappa shape index (κ1) is 13.6. The third-order valence-corrected chi connectivity index (χ3v) is 2.66. The quantitative estimate of drug-likeness (QED) is 0.861. The summed E-state index contributed by atoms with van der Waals surface area (Å²) >= 11 is 0. The van der Waals surface area contributed by atoms with E-state index in [1.165, 1.54) is 5.56 Å². The minimum absolute atomic E-state index is 0.405. The van der Waals surface area contributed by atoms with Crippen LogP contribution in [0.2, 0.25) is 0 Å². The van der Waals surface area contributed by atoms with Crippen LogP contribution in [0.3, 0.4) is 0 Å². The summed E-state index contributed by atoms with van der Waals surface area (Å²) in [6, 6.07) is 7.20. The largest absolute Gasteiger partial charge is 0.345 e. The van der Waals surface area contributed by atoms with Crippen LogP contribution < -0.4 is 5.32 Å². The molecular formula is C13H17F2NO. The van der Waals surface area contributed by atoms with Crippen molar-refractivity contribution in [2.75, 3.05) is 0 Å². The monoisotopic (exact) mass is 241 g/mol. The molecule has 0 spiro atoms. The standard InChI is InChI=1S/C13H17F2NO/c1-8(2)10-4-6-11(7-5-10)9(3)16-13(17)12(14)15/h4-9,12H,1-3H3,(H,16,17). The summed E-state index contributed by atoms with van der Waals surface area (Å²) in [5, 5.41) is 2.26. The number of rotatable bonds is 4. The van der Waals surface area contributed by atoms with E-state index in [9.17, 15) is 13.6 Å². The fourth-order valence-corrected chi connectivity index (χ4v) is 1.53. The van der Waals surface area contributed by atoms with Gasteiger partial charge >= 0.3 is 6.43 Å². The van der Waals surface area contributed by atoms with Crippen LogP contribution in [0.25, 0.3) is 0 Å². The van der Waals surface area contributed by atoms with E-state index < -0.39 is 18.4 Å². The predicted octanol–water partition coefficient (Wildman–Crippen LogP) is 3.25. The lowest BCUT2D eigenvalue weighted by atomic mass is 9.99. The lowest BCUT2D eigenvalue weighted by Gasteiger charge is -2.15. The Morgan fingerprint density at radius 2 is 1.53 bits per heavy atom. The van der Waals surface area contributed by atoms with Crippen molar-refractivity contribution >= 4 is 5.91 Å². The van der Waals surface area contributed by atoms with Gasteiger partial charge in [-0.25, -0.2) is 0 Å². The summed E-state index contributed by atoms with van der Waals surface area (Å²) in [4.78, 5) is 10.8. The van der Waals surface area contributed by atoms with E-state index in [1.54, 1.807) is 6.92 Å². The van der Waals surface area contributed by atoms with Crippen LogP contribution in [0.1, 0.15) is 43.9 Å². The lowest BCUT2D eigenvalue weighted by molar-refractivity contribution is -0.132. The van der Waals surface area contributed by atoms with Gasteiger partial charge in [0.1, 0.15) is 0 Å². The van der Waals surface area contributed by atoms with Gasteiger partial charge in [-0.15, -0.1) is 0 Å². The van der Waals surface area contributed by atoms with E-state index in [4.69, 9.17) is 0 Å². The zero-order valence-corrected chi connectivity index (χ0v) is 10.2. The molecule has 0 aliphatic heterocycles. The van der Waals surface area contributed by atoms with Crippen molar-refractivity contribution in [1.29, 1.82) is 0 Å². The van der Waals surface area contributed by atoms with Crippen molar-refractivity contribution in [2.24, 2.45) is 0 Å². The second kappa shape index (κ2) is 5.75. The van der Waals surface area contributed by atoms with Crippen molar-refractivity contribution in [1.82, 2.24) is 5.32 Å². The summed E-state index contributed by atoms with van der Waals surface area (Å²) in [6.07, 6.45) is -2.97. The van der Waals surface area contributed by atoms with Crippen molar-refractivity contribution in [3.63, 3.8) is 0 Å². The topological polar surface area (TPSA) is 29.1 Å². The highest BCUT2D eigenvalue weighted by Crippen LogP contribution is 2.18. The molecule has 1 amide bonds. The Balaban J connectivity index is 2.70. The average molecular weight is 241 g/mol. The van der Waals surface area contributed by atoms with E-state index in [1.807, 2.05) is 24.3 Å². The van der Waals surface area contributed by atoms with Crippen LogP contribution in [0.5, 0.6) is 0 Å². The van der Waals surface area contributed by atoms with Crippen molar-refractivity contribution in [3.8, 4) is 0 Å². The summed E-state index contributed by atoms with van der Waals surface area (Å²) in [6.45, 7) is 5.85. The van der Waals surface area contributed by atoms with Gasteiger partial charge in [0, 0.05) is 0 Å². The molecule has 94 valence electrons. The summed E-state index contributed by atoms with van der Waals surface area (Å²) in [7, 11) is 0. The Bertz CT molecular complexity index is 374. The van der Waals surface area contributed by atoms with Crippen LogP contribution >= 0.6 is 0 Å². The highest BCUT2D eigenvalue weighted by molar-refractivity contribution is 5.79. The molecule has 0 saturated carbocycles. The molecule has 0 saturated heterocycles. The number of hydrogen-bond acceptors (Lipinski definition) is 1. The molecule has 0 aliphatic rings. The maximum absolute atomic E-state index is 12.1. The number of hydrogen-bond donors (Lipinski definition) is 1. The maximum atomic E-state index is 12.1. The van der Waals surface area contributed by atoms with Gasteiger partial charge in [-0.05, 0) is 24.0 Å². The third-order valence-electron chi connectivity index (χ3n) is 2.66. The first-order valence-corrected chi connectivity index (χ1v) is 5.60. The minimum atomic E-state index is -2.97. The number of amides is 1. The normalized spacial score (nSPS) is 12.9. The first-order chi connectivity index (χ1) is 7.91. The van der Waals surface area contributed by atoms with Gasteiger partial charge < -0.3 is 5.32 Å². The first-order valence-electron chi connectivity index (χ1n) is 5.60. The fourth-order valence-electron chi connectivity index (χ4n) is 1.53. The van der Waals surface area contributed by atoms with E-state index >= 15 is 0 Å². The van der Waals surface area contributed by atoms with Crippen LogP contribution in [-0.4, -0.2) is 12.3 Å². The van der Waals surface area contributed by atoms with Crippen molar-refractivity contribution in [2.45, 2.75) is 39.2 Å². The van der Waals surface area contributed by atoms with Crippen molar-refractivity contribution in [3.05, 3.63) is 35.4 Å². The molecule has 0 aromatic heterocycles. The Morgan fingerprint density at radius 1 is 1.06 bits per heavy atom. The summed E-state index contributed by atoms with van der Waals surface area (Å²) in [5.74, 6) is -0.805. The second-order valence-electron chi connectivity index (χ2n) is 4.35. The molecule has 1 aromatic carbocycles. The van der Waals surface area contributed by atoms with E-state index in [-0.39, 0.29) is 0 Å². The van der Waals surface area contributed by atoms with Gasteiger partial charge in [-0.2, -0.15) is 8.78 Å². The average Bonchev–Trinajstić information content (AvgIpc) is 2.28. The van der Waals surface area contributed by atoms with Crippen LogP contribution in [0, 0.1) is 0 Å². The van der Waals surface area contributed by atoms with E-state index in [0.29, 0.717) is 5.92 Å². The summed E-state index contributed by atoms with van der Waals surface area (Å²) < 4.78 is 24.1. The molecule has 4 heteroatoms. The molecule has 0 fully saturated rings. The maximum Gasteiger partial charge on any atom is 0.315 e. The molecule has 0 heterocycles. The smallest absolute Gasteiger partial charge is 0.315 e.